The molecule has 0 aromatic heterocycles. The van der Waals surface area contributed by atoms with Crippen LogP contribution >= 0.6 is 15.9 Å². The summed E-state index contributed by atoms with van der Waals surface area (Å²) in [5.74, 6) is 1.45. The molecular weight excluding hydrogens is 246 g/mol. The molecule has 4 heteroatoms. The van der Waals surface area contributed by atoms with Gasteiger partial charge in [0.25, 0.3) is 0 Å². The molecule has 2 N–H and O–H groups in total. The topological polar surface area (TPSA) is 44.5 Å². The van der Waals surface area contributed by atoms with Gasteiger partial charge in [-0.1, -0.05) is 15.9 Å². The van der Waals surface area contributed by atoms with Crippen LogP contribution in [-0.4, -0.2) is 13.7 Å². The summed E-state index contributed by atoms with van der Waals surface area (Å²) in [5, 5.41) is 0. The number of rotatable bonds is 4. The molecule has 0 aliphatic carbocycles. The van der Waals surface area contributed by atoms with E-state index in [1.807, 2.05) is 19.1 Å². The summed E-state index contributed by atoms with van der Waals surface area (Å²) in [4.78, 5) is 0. The van der Waals surface area contributed by atoms with E-state index in [9.17, 15) is 0 Å². The molecule has 0 fully saturated rings. The maximum absolute atomic E-state index is 5.58. The summed E-state index contributed by atoms with van der Waals surface area (Å²) in [6.45, 7) is 3.02. The van der Waals surface area contributed by atoms with E-state index < -0.39 is 0 Å². The van der Waals surface area contributed by atoms with E-state index in [1.165, 1.54) is 0 Å². The van der Waals surface area contributed by atoms with E-state index in [0.717, 1.165) is 21.5 Å². The third-order valence-corrected chi connectivity index (χ3v) is 2.59. The van der Waals surface area contributed by atoms with Crippen LogP contribution < -0.4 is 15.2 Å². The number of hydrogen-bond donors (Lipinski definition) is 1. The van der Waals surface area contributed by atoms with Gasteiger partial charge in [0.15, 0.2) is 11.5 Å². The molecule has 0 aliphatic rings. The second-order valence-corrected chi connectivity index (χ2v) is 3.59. The van der Waals surface area contributed by atoms with Crippen molar-refractivity contribution in [1.29, 1.82) is 0 Å². The first-order chi connectivity index (χ1) is 6.72. The molecule has 1 aromatic rings. The van der Waals surface area contributed by atoms with Crippen LogP contribution in [0.15, 0.2) is 16.6 Å². The molecule has 3 nitrogen and oxygen atoms in total. The lowest BCUT2D eigenvalue weighted by molar-refractivity contribution is 0.310. The van der Waals surface area contributed by atoms with Crippen molar-refractivity contribution < 1.29 is 9.47 Å². The van der Waals surface area contributed by atoms with Gasteiger partial charge in [0.1, 0.15) is 0 Å². The smallest absolute Gasteiger partial charge is 0.161 e. The minimum Gasteiger partial charge on any atom is -0.493 e. The Morgan fingerprint density at radius 1 is 1.36 bits per heavy atom. The van der Waals surface area contributed by atoms with Crippen molar-refractivity contribution >= 4 is 15.9 Å². The summed E-state index contributed by atoms with van der Waals surface area (Å²) in [5.41, 5.74) is 6.59. The molecule has 0 aliphatic heterocycles. The number of hydrogen-bond acceptors (Lipinski definition) is 3. The van der Waals surface area contributed by atoms with Crippen molar-refractivity contribution in [2.45, 2.75) is 13.5 Å². The molecule has 0 saturated carbocycles. The van der Waals surface area contributed by atoms with Gasteiger partial charge in [0, 0.05) is 11.0 Å². The van der Waals surface area contributed by atoms with Gasteiger partial charge >= 0.3 is 0 Å². The Labute approximate surface area is 92.3 Å². The Balaban J connectivity index is 3.11. The fraction of sp³-hybridized carbons (Fsp3) is 0.400. The molecule has 1 aromatic carbocycles. The molecule has 0 unspecified atom stereocenters. The fourth-order valence-corrected chi connectivity index (χ4v) is 1.65. The van der Waals surface area contributed by atoms with E-state index in [0.29, 0.717) is 13.2 Å². The van der Waals surface area contributed by atoms with Gasteiger partial charge in [-0.05, 0) is 24.6 Å². The highest BCUT2D eigenvalue weighted by molar-refractivity contribution is 9.10. The monoisotopic (exact) mass is 259 g/mol. The van der Waals surface area contributed by atoms with Crippen LogP contribution in [0.1, 0.15) is 12.5 Å². The average Bonchev–Trinajstić information content (AvgIpc) is 2.20. The third kappa shape index (κ3) is 2.39. The average molecular weight is 260 g/mol. The zero-order valence-electron chi connectivity index (χ0n) is 8.34. The summed E-state index contributed by atoms with van der Waals surface area (Å²) >= 11 is 3.42. The first-order valence-electron chi connectivity index (χ1n) is 4.42. The maximum Gasteiger partial charge on any atom is 0.161 e. The second kappa shape index (κ2) is 5.22. The molecule has 0 heterocycles. The molecule has 0 atom stereocenters. The van der Waals surface area contributed by atoms with E-state index in [4.69, 9.17) is 15.2 Å². The van der Waals surface area contributed by atoms with Crippen LogP contribution in [-0.2, 0) is 6.54 Å². The predicted molar refractivity (Wildman–Crippen MR) is 59.8 cm³/mol. The summed E-state index contributed by atoms with van der Waals surface area (Å²) in [6.07, 6.45) is 0. The van der Waals surface area contributed by atoms with Crippen molar-refractivity contribution in [3.05, 3.63) is 22.2 Å². The minimum absolute atomic E-state index is 0.477. The van der Waals surface area contributed by atoms with E-state index >= 15 is 0 Å². The molecule has 0 bridgehead atoms. The Bertz CT molecular complexity index is 315. The van der Waals surface area contributed by atoms with Crippen molar-refractivity contribution in [2.75, 3.05) is 13.7 Å². The number of nitrogens with two attached hydrogens (primary N) is 1. The normalized spacial score (nSPS) is 10.0. The maximum atomic E-state index is 5.58. The van der Waals surface area contributed by atoms with Gasteiger partial charge < -0.3 is 15.2 Å². The Morgan fingerprint density at radius 2 is 2.07 bits per heavy atom. The van der Waals surface area contributed by atoms with Gasteiger partial charge in [-0.15, -0.1) is 0 Å². The fourth-order valence-electron chi connectivity index (χ4n) is 1.16. The van der Waals surface area contributed by atoms with E-state index in [-0.39, 0.29) is 0 Å². The van der Waals surface area contributed by atoms with Gasteiger partial charge in [-0.2, -0.15) is 0 Å². The Hall–Kier alpha value is -0.740. The molecule has 0 spiro atoms. The lowest BCUT2D eigenvalue weighted by Gasteiger charge is -2.11. The Morgan fingerprint density at radius 3 is 2.57 bits per heavy atom. The molecule has 78 valence electrons. The van der Waals surface area contributed by atoms with Crippen molar-refractivity contribution in [3.8, 4) is 11.5 Å². The van der Waals surface area contributed by atoms with Gasteiger partial charge in [-0.3, -0.25) is 0 Å². The van der Waals surface area contributed by atoms with Crippen molar-refractivity contribution in [3.63, 3.8) is 0 Å². The lowest BCUT2D eigenvalue weighted by Crippen LogP contribution is -2.01. The van der Waals surface area contributed by atoms with Gasteiger partial charge in [0.2, 0.25) is 0 Å². The minimum atomic E-state index is 0.477. The summed E-state index contributed by atoms with van der Waals surface area (Å²) in [6, 6.07) is 3.76. The Kier molecular flexibility index (Phi) is 4.22. The highest BCUT2D eigenvalue weighted by Crippen LogP contribution is 2.33. The van der Waals surface area contributed by atoms with Crippen LogP contribution in [0.5, 0.6) is 11.5 Å². The lowest BCUT2D eigenvalue weighted by atomic mass is 10.2. The molecule has 0 saturated heterocycles. The van der Waals surface area contributed by atoms with E-state index in [1.54, 1.807) is 7.11 Å². The molecule has 1 rings (SSSR count). The quantitative estimate of drug-likeness (QED) is 0.903. The van der Waals surface area contributed by atoms with Crippen LogP contribution in [0.4, 0.5) is 0 Å². The zero-order chi connectivity index (χ0) is 10.6. The highest BCUT2D eigenvalue weighted by atomic mass is 79.9. The second-order valence-electron chi connectivity index (χ2n) is 2.73. The van der Waals surface area contributed by atoms with Crippen LogP contribution in [0, 0.1) is 0 Å². The van der Waals surface area contributed by atoms with Crippen LogP contribution in [0.2, 0.25) is 0 Å². The van der Waals surface area contributed by atoms with Gasteiger partial charge in [0.05, 0.1) is 13.7 Å². The number of methoxy groups -OCH3 is 1. The standard InChI is InChI=1S/C10H14BrNO2/c1-3-14-10-4-7(6-12)8(11)5-9(10)13-2/h4-5H,3,6,12H2,1-2H3. The molecular formula is C10H14BrNO2. The zero-order valence-corrected chi connectivity index (χ0v) is 9.93. The first kappa shape index (κ1) is 11.3. The van der Waals surface area contributed by atoms with Gasteiger partial charge in [-0.25, -0.2) is 0 Å². The first-order valence-corrected chi connectivity index (χ1v) is 5.21. The third-order valence-electron chi connectivity index (χ3n) is 1.85. The summed E-state index contributed by atoms with van der Waals surface area (Å²) in [7, 11) is 1.62. The van der Waals surface area contributed by atoms with Crippen molar-refractivity contribution in [2.24, 2.45) is 5.73 Å². The van der Waals surface area contributed by atoms with Crippen LogP contribution in [0.25, 0.3) is 0 Å². The van der Waals surface area contributed by atoms with Crippen molar-refractivity contribution in [1.82, 2.24) is 0 Å². The molecule has 0 radical (unpaired) electrons. The summed E-state index contributed by atoms with van der Waals surface area (Å²) < 4.78 is 11.6. The molecule has 0 amide bonds. The largest absolute Gasteiger partial charge is 0.493 e. The number of ether oxygens (including phenoxy) is 2. The SMILES string of the molecule is CCOc1cc(CN)c(Br)cc1OC. The van der Waals surface area contributed by atoms with Crippen LogP contribution in [0.3, 0.4) is 0 Å². The molecule has 14 heavy (non-hydrogen) atoms. The van der Waals surface area contributed by atoms with E-state index in [2.05, 4.69) is 15.9 Å². The number of halogens is 1. The highest BCUT2D eigenvalue weighted by Gasteiger charge is 2.08. The predicted octanol–water partition coefficient (Wildman–Crippen LogP) is 2.32. The number of benzene rings is 1.